The molecule has 0 amide bonds. The van der Waals surface area contributed by atoms with Gasteiger partial charge in [0.15, 0.2) is 0 Å². The van der Waals surface area contributed by atoms with Gasteiger partial charge in [-0.05, 0) is 42.8 Å². The van der Waals surface area contributed by atoms with Gasteiger partial charge in [-0.15, -0.1) is 11.3 Å². The van der Waals surface area contributed by atoms with Crippen LogP contribution in [0, 0.1) is 0 Å². The lowest BCUT2D eigenvalue weighted by atomic mass is 10.1. The summed E-state index contributed by atoms with van der Waals surface area (Å²) < 4.78 is 1.13. The first-order valence-corrected chi connectivity index (χ1v) is 7.12. The second-order valence-electron chi connectivity index (χ2n) is 4.68. The molecular weight excluding hydrogens is 272 g/mol. The molecule has 1 unspecified atom stereocenters. The average molecular weight is 286 g/mol. The third-order valence-electron chi connectivity index (χ3n) is 3.14. The summed E-state index contributed by atoms with van der Waals surface area (Å²) in [5.74, 6) is 0.123. The van der Waals surface area contributed by atoms with E-state index < -0.39 is 0 Å². The molecule has 1 atom stereocenters. The second-order valence-corrected chi connectivity index (χ2v) is 5.57. The second kappa shape index (κ2) is 5.02. The summed E-state index contributed by atoms with van der Waals surface area (Å²) in [5, 5.41) is 22.4. The van der Waals surface area contributed by atoms with Crippen molar-refractivity contribution in [3.8, 4) is 11.5 Å². The number of aromatic hydroxyl groups is 2. The molecule has 0 spiro atoms. The summed E-state index contributed by atoms with van der Waals surface area (Å²) in [5.41, 5.74) is 4.62. The minimum Gasteiger partial charge on any atom is -0.508 e. The maximum Gasteiger partial charge on any atom is 0.119 e. The van der Waals surface area contributed by atoms with Gasteiger partial charge < -0.3 is 15.5 Å². The van der Waals surface area contributed by atoms with E-state index in [0.717, 1.165) is 21.5 Å². The predicted molar refractivity (Wildman–Crippen MR) is 81.4 cm³/mol. The van der Waals surface area contributed by atoms with Crippen molar-refractivity contribution in [2.75, 3.05) is 5.32 Å². The zero-order valence-electron chi connectivity index (χ0n) is 10.9. The number of nitrogens with zero attached hydrogens (tertiary/aromatic N) is 1. The molecule has 5 heteroatoms. The Morgan fingerprint density at radius 2 is 1.85 bits per heavy atom. The van der Waals surface area contributed by atoms with Crippen molar-refractivity contribution in [2.24, 2.45) is 0 Å². The van der Waals surface area contributed by atoms with Crippen LogP contribution in [0.2, 0.25) is 0 Å². The summed E-state index contributed by atoms with van der Waals surface area (Å²) >= 11 is 1.60. The Hall–Kier alpha value is -2.27. The normalized spacial score (nSPS) is 12.4. The van der Waals surface area contributed by atoms with E-state index in [1.807, 2.05) is 30.6 Å². The molecule has 3 N–H and O–H groups in total. The monoisotopic (exact) mass is 286 g/mol. The quantitative estimate of drug-likeness (QED) is 0.683. The van der Waals surface area contributed by atoms with E-state index in [1.165, 1.54) is 6.07 Å². The molecule has 1 heterocycles. The van der Waals surface area contributed by atoms with Gasteiger partial charge in [-0.1, -0.05) is 0 Å². The largest absolute Gasteiger partial charge is 0.508 e. The van der Waals surface area contributed by atoms with Crippen LogP contribution in [0.25, 0.3) is 10.2 Å². The summed E-state index contributed by atoms with van der Waals surface area (Å²) in [6, 6.07) is 10.6. The Labute approximate surface area is 120 Å². The molecule has 20 heavy (non-hydrogen) atoms. The summed E-state index contributed by atoms with van der Waals surface area (Å²) in [6.45, 7) is 1.98. The van der Waals surface area contributed by atoms with Gasteiger partial charge in [-0.2, -0.15) is 0 Å². The van der Waals surface area contributed by atoms with Crippen LogP contribution >= 0.6 is 11.3 Å². The number of phenolic OH excluding ortho intramolecular Hbond substituents is 2. The minimum absolute atomic E-state index is 0.0293. The van der Waals surface area contributed by atoms with Gasteiger partial charge in [0.05, 0.1) is 15.7 Å². The van der Waals surface area contributed by atoms with E-state index in [-0.39, 0.29) is 17.5 Å². The average Bonchev–Trinajstić information content (AvgIpc) is 2.85. The van der Waals surface area contributed by atoms with Gasteiger partial charge in [0.2, 0.25) is 0 Å². The molecule has 0 fully saturated rings. The highest BCUT2D eigenvalue weighted by atomic mass is 32.1. The number of rotatable bonds is 3. The molecule has 0 bridgehead atoms. The first kappa shape index (κ1) is 12.7. The molecule has 3 rings (SSSR count). The number of nitrogens with one attached hydrogen (secondary N) is 1. The number of aromatic nitrogens is 1. The van der Waals surface area contributed by atoms with Crippen LogP contribution in [0.3, 0.4) is 0 Å². The smallest absolute Gasteiger partial charge is 0.119 e. The van der Waals surface area contributed by atoms with Gasteiger partial charge in [-0.25, -0.2) is 4.98 Å². The molecule has 0 aliphatic carbocycles. The zero-order chi connectivity index (χ0) is 14.1. The van der Waals surface area contributed by atoms with Crippen molar-refractivity contribution in [1.29, 1.82) is 0 Å². The van der Waals surface area contributed by atoms with Gasteiger partial charge in [-0.3, -0.25) is 0 Å². The van der Waals surface area contributed by atoms with Crippen molar-refractivity contribution in [1.82, 2.24) is 4.98 Å². The van der Waals surface area contributed by atoms with E-state index in [4.69, 9.17) is 0 Å². The van der Waals surface area contributed by atoms with Crippen LogP contribution in [0.15, 0.2) is 41.9 Å². The third kappa shape index (κ3) is 2.53. The highest BCUT2D eigenvalue weighted by molar-refractivity contribution is 7.16. The molecule has 0 radical (unpaired) electrons. The van der Waals surface area contributed by atoms with E-state index in [2.05, 4.69) is 10.3 Å². The Bertz CT molecular complexity index is 734. The summed E-state index contributed by atoms with van der Waals surface area (Å²) in [6.07, 6.45) is 0. The molecule has 3 aromatic rings. The first-order chi connectivity index (χ1) is 9.61. The van der Waals surface area contributed by atoms with Gasteiger partial charge in [0.1, 0.15) is 11.5 Å². The van der Waals surface area contributed by atoms with Crippen LogP contribution in [0.1, 0.15) is 18.5 Å². The van der Waals surface area contributed by atoms with E-state index in [9.17, 15) is 10.2 Å². The molecule has 0 saturated heterocycles. The number of hydrogen-bond acceptors (Lipinski definition) is 5. The van der Waals surface area contributed by atoms with Crippen LogP contribution in [0.4, 0.5) is 5.69 Å². The van der Waals surface area contributed by atoms with Crippen LogP contribution in [0.5, 0.6) is 11.5 Å². The maximum absolute atomic E-state index is 9.53. The predicted octanol–water partition coefficient (Wildman–Crippen LogP) is 3.88. The fourth-order valence-corrected chi connectivity index (χ4v) is 2.86. The van der Waals surface area contributed by atoms with Crippen molar-refractivity contribution in [3.63, 3.8) is 0 Å². The topological polar surface area (TPSA) is 65.4 Å². The molecular formula is C15H14N2O2S. The molecule has 1 aromatic heterocycles. The number of hydrogen-bond donors (Lipinski definition) is 3. The first-order valence-electron chi connectivity index (χ1n) is 6.24. The number of anilines is 1. The molecule has 4 nitrogen and oxygen atoms in total. The van der Waals surface area contributed by atoms with Crippen molar-refractivity contribution in [2.45, 2.75) is 13.0 Å². The Kier molecular flexibility index (Phi) is 3.20. The Morgan fingerprint density at radius 3 is 2.60 bits per heavy atom. The lowest BCUT2D eigenvalue weighted by Crippen LogP contribution is -2.06. The zero-order valence-corrected chi connectivity index (χ0v) is 11.7. The number of phenols is 2. The molecule has 0 aliphatic heterocycles. The molecule has 0 saturated carbocycles. The van der Waals surface area contributed by atoms with E-state index >= 15 is 0 Å². The standard InChI is InChI=1S/C15H14N2O2S/c1-9(10-4-12(18)7-13(19)5-10)17-11-2-3-14-15(6-11)20-8-16-14/h2-9,17-19H,1H3. The van der Waals surface area contributed by atoms with Crippen molar-refractivity contribution < 1.29 is 10.2 Å². The lowest BCUT2D eigenvalue weighted by molar-refractivity contribution is 0.448. The maximum atomic E-state index is 9.53. The highest BCUT2D eigenvalue weighted by Gasteiger charge is 2.09. The molecule has 0 aliphatic rings. The van der Waals surface area contributed by atoms with E-state index in [0.29, 0.717) is 0 Å². The van der Waals surface area contributed by atoms with Crippen LogP contribution < -0.4 is 5.32 Å². The van der Waals surface area contributed by atoms with Gasteiger partial charge in [0, 0.05) is 17.8 Å². The van der Waals surface area contributed by atoms with Gasteiger partial charge in [0.25, 0.3) is 0 Å². The van der Waals surface area contributed by atoms with Crippen LogP contribution in [-0.4, -0.2) is 15.2 Å². The Morgan fingerprint density at radius 1 is 1.10 bits per heavy atom. The summed E-state index contributed by atoms with van der Waals surface area (Å²) in [4.78, 5) is 4.24. The molecule has 2 aromatic carbocycles. The lowest BCUT2D eigenvalue weighted by Gasteiger charge is -2.16. The number of benzene rings is 2. The third-order valence-corrected chi connectivity index (χ3v) is 3.93. The number of fused-ring (bicyclic) bond motifs is 1. The fourth-order valence-electron chi connectivity index (χ4n) is 2.15. The molecule has 102 valence electrons. The van der Waals surface area contributed by atoms with Gasteiger partial charge >= 0.3 is 0 Å². The van der Waals surface area contributed by atoms with Crippen LogP contribution in [-0.2, 0) is 0 Å². The van der Waals surface area contributed by atoms with Crippen molar-refractivity contribution >= 4 is 27.2 Å². The number of thiazole rings is 1. The minimum atomic E-state index is -0.0293. The fraction of sp³-hybridized carbons (Fsp3) is 0.133. The Balaban J connectivity index is 1.85. The van der Waals surface area contributed by atoms with E-state index in [1.54, 1.807) is 23.5 Å². The summed E-state index contributed by atoms with van der Waals surface area (Å²) in [7, 11) is 0. The van der Waals surface area contributed by atoms with Crippen molar-refractivity contribution in [3.05, 3.63) is 47.5 Å². The highest BCUT2D eigenvalue weighted by Crippen LogP contribution is 2.28. The SMILES string of the molecule is CC(Nc1ccc2ncsc2c1)c1cc(O)cc(O)c1.